The van der Waals surface area contributed by atoms with Gasteiger partial charge in [-0.3, -0.25) is 9.78 Å². The average molecular weight is 485 g/mol. The number of pyridine rings is 1. The molecule has 0 aliphatic heterocycles. The van der Waals surface area contributed by atoms with Gasteiger partial charge in [0.1, 0.15) is 11.5 Å². The van der Waals surface area contributed by atoms with E-state index in [1.54, 1.807) is 12.3 Å². The van der Waals surface area contributed by atoms with Crippen LogP contribution in [0.1, 0.15) is 70.8 Å². The molecule has 3 aromatic rings. The van der Waals surface area contributed by atoms with Crippen molar-refractivity contribution in [2.75, 3.05) is 0 Å². The molecule has 34 heavy (non-hydrogen) atoms. The molecule has 5 rings (SSSR count). The molecule has 2 aliphatic carbocycles. The molecule has 0 bridgehead atoms. The van der Waals surface area contributed by atoms with Gasteiger partial charge in [-0.25, -0.2) is 4.98 Å². The van der Waals surface area contributed by atoms with Crippen LogP contribution in [0.5, 0.6) is 0 Å². The third kappa shape index (κ3) is 4.14. The summed E-state index contributed by atoms with van der Waals surface area (Å²) >= 11 is 0. The van der Waals surface area contributed by atoms with Gasteiger partial charge in [-0.1, -0.05) is 0 Å². The lowest BCUT2D eigenvalue weighted by Gasteiger charge is -2.21. The number of amides is 1. The normalized spacial score (nSPS) is 18.6. The lowest BCUT2D eigenvalue weighted by Crippen LogP contribution is -2.33. The summed E-state index contributed by atoms with van der Waals surface area (Å²) < 4.78 is 83.8. The number of hydrogen-bond donors (Lipinski definition) is 1. The Bertz CT molecular complexity index is 1240. The van der Waals surface area contributed by atoms with Gasteiger partial charge in [-0.2, -0.15) is 23.0 Å². The van der Waals surface area contributed by atoms with Crippen LogP contribution in [-0.4, -0.2) is 25.7 Å². The number of aromatic nitrogens is 4. The molecule has 180 valence electrons. The van der Waals surface area contributed by atoms with E-state index in [-0.39, 0.29) is 12.1 Å². The summed E-state index contributed by atoms with van der Waals surface area (Å²) in [6, 6.07) is 2.76. The SMILES string of the molecule is O=C(N[C@H]1CCCc2oc(-c3ccnc(C4CC4)c3)nc21)c1cnn(C(F)(F)F)c1C(F)(F)F. The molecular weight excluding hydrogens is 468 g/mol. The van der Waals surface area contributed by atoms with Crippen LogP contribution in [-0.2, 0) is 18.9 Å². The molecule has 1 atom stereocenters. The Morgan fingerprint density at radius 3 is 2.59 bits per heavy atom. The molecule has 0 radical (unpaired) electrons. The summed E-state index contributed by atoms with van der Waals surface area (Å²) in [6.45, 7) is 0. The molecule has 13 heteroatoms. The lowest BCUT2D eigenvalue weighted by atomic mass is 9.96. The maximum absolute atomic E-state index is 13.4. The zero-order valence-electron chi connectivity index (χ0n) is 17.4. The Kier molecular flexibility index (Phi) is 5.17. The first-order valence-electron chi connectivity index (χ1n) is 10.5. The highest BCUT2D eigenvalue weighted by Crippen LogP contribution is 2.41. The van der Waals surface area contributed by atoms with Crippen molar-refractivity contribution in [2.24, 2.45) is 0 Å². The van der Waals surface area contributed by atoms with Crippen molar-refractivity contribution >= 4 is 5.91 Å². The van der Waals surface area contributed by atoms with Crippen LogP contribution in [0.15, 0.2) is 28.9 Å². The predicted molar refractivity (Wildman–Crippen MR) is 103 cm³/mol. The number of rotatable bonds is 4. The zero-order valence-corrected chi connectivity index (χ0v) is 17.4. The lowest BCUT2D eigenvalue weighted by molar-refractivity contribution is -0.229. The molecule has 0 spiro atoms. The molecule has 1 amide bonds. The highest BCUT2D eigenvalue weighted by molar-refractivity contribution is 5.95. The standard InChI is InChI=1S/C21H17F6N5O2/c22-20(23,24)17-12(9-29-32(17)21(25,26)27)18(33)30-13-2-1-3-15-16(13)31-19(34-15)11-6-7-28-14(8-11)10-4-5-10/h6-10,13H,1-5H2,(H,30,33)/t13-/m0/s1. The first-order chi connectivity index (χ1) is 16.0. The van der Waals surface area contributed by atoms with Crippen molar-refractivity contribution in [3.05, 3.63) is 52.9 Å². The molecule has 0 unspecified atom stereocenters. The van der Waals surface area contributed by atoms with Crippen molar-refractivity contribution in [3.8, 4) is 11.5 Å². The third-order valence-corrected chi connectivity index (χ3v) is 5.81. The quantitative estimate of drug-likeness (QED) is 0.519. The van der Waals surface area contributed by atoms with Crippen molar-refractivity contribution < 1.29 is 35.6 Å². The van der Waals surface area contributed by atoms with Gasteiger partial charge in [0.25, 0.3) is 5.91 Å². The molecule has 2 aliphatic rings. The number of fused-ring (bicyclic) bond motifs is 1. The van der Waals surface area contributed by atoms with Crippen molar-refractivity contribution in [1.29, 1.82) is 0 Å². The highest BCUT2D eigenvalue weighted by Gasteiger charge is 2.47. The van der Waals surface area contributed by atoms with Crippen LogP contribution >= 0.6 is 0 Å². The van der Waals surface area contributed by atoms with E-state index < -0.39 is 40.4 Å². The summed E-state index contributed by atoms with van der Waals surface area (Å²) in [5, 5.41) is 5.13. The van der Waals surface area contributed by atoms with Crippen molar-refractivity contribution in [1.82, 2.24) is 25.1 Å². The van der Waals surface area contributed by atoms with Gasteiger partial charge in [0.15, 0.2) is 5.69 Å². The molecule has 0 aromatic carbocycles. The summed E-state index contributed by atoms with van der Waals surface area (Å²) in [4.78, 5) is 21.4. The maximum atomic E-state index is 13.4. The largest absolute Gasteiger partial charge is 0.505 e. The summed E-state index contributed by atoms with van der Waals surface area (Å²) in [5.41, 5.74) is -1.46. The second kappa shape index (κ2) is 7.84. The fraction of sp³-hybridized carbons (Fsp3) is 0.429. The minimum atomic E-state index is -5.45. The van der Waals surface area contributed by atoms with Gasteiger partial charge in [-0.05, 0) is 37.8 Å². The van der Waals surface area contributed by atoms with Crippen LogP contribution in [0.25, 0.3) is 11.5 Å². The topological polar surface area (TPSA) is 85.8 Å². The van der Waals surface area contributed by atoms with E-state index in [2.05, 4.69) is 20.4 Å². The Balaban J connectivity index is 1.43. The number of alkyl halides is 6. The van der Waals surface area contributed by atoms with E-state index in [4.69, 9.17) is 4.42 Å². The number of oxazole rings is 1. The first kappa shape index (κ1) is 22.4. The summed E-state index contributed by atoms with van der Waals surface area (Å²) in [5.74, 6) is -0.170. The molecule has 0 saturated heterocycles. The van der Waals surface area contributed by atoms with Gasteiger partial charge in [0.2, 0.25) is 5.89 Å². The van der Waals surface area contributed by atoms with E-state index in [0.717, 1.165) is 18.5 Å². The molecule has 3 aromatic heterocycles. The number of nitrogens with zero attached hydrogens (tertiary/aromatic N) is 4. The van der Waals surface area contributed by atoms with E-state index in [0.29, 0.717) is 42.2 Å². The van der Waals surface area contributed by atoms with Crippen LogP contribution in [0, 0.1) is 0 Å². The van der Waals surface area contributed by atoms with E-state index in [1.807, 2.05) is 6.07 Å². The molecule has 3 heterocycles. The van der Waals surface area contributed by atoms with Crippen LogP contribution in [0.3, 0.4) is 0 Å². The van der Waals surface area contributed by atoms with Crippen molar-refractivity contribution in [3.63, 3.8) is 0 Å². The number of aryl methyl sites for hydroxylation is 1. The van der Waals surface area contributed by atoms with E-state index in [1.165, 1.54) is 0 Å². The van der Waals surface area contributed by atoms with Crippen LogP contribution in [0.2, 0.25) is 0 Å². The molecule has 1 fully saturated rings. The van der Waals surface area contributed by atoms with Crippen molar-refractivity contribution in [2.45, 2.75) is 56.5 Å². The molecule has 1 N–H and O–H groups in total. The number of nitrogens with one attached hydrogen (secondary N) is 1. The number of carbonyl (C=O) groups is 1. The number of hydrogen-bond acceptors (Lipinski definition) is 5. The van der Waals surface area contributed by atoms with Gasteiger partial charge in [-0.15, -0.1) is 13.2 Å². The fourth-order valence-corrected chi connectivity index (χ4v) is 4.08. The Labute approximate surface area is 188 Å². The van der Waals surface area contributed by atoms with Gasteiger partial charge >= 0.3 is 12.5 Å². The molecule has 7 nitrogen and oxygen atoms in total. The number of carbonyl (C=O) groups excluding carboxylic acids is 1. The Morgan fingerprint density at radius 1 is 1.15 bits per heavy atom. The highest BCUT2D eigenvalue weighted by atomic mass is 19.4. The van der Waals surface area contributed by atoms with E-state index >= 15 is 0 Å². The summed E-state index contributed by atoms with van der Waals surface area (Å²) in [6.07, 6.45) is -5.48. The predicted octanol–water partition coefficient (Wildman–Crippen LogP) is 5.11. The molecular formula is C21H17F6N5O2. The van der Waals surface area contributed by atoms with Crippen LogP contribution in [0.4, 0.5) is 26.3 Å². The Morgan fingerprint density at radius 2 is 1.91 bits per heavy atom. The fourth-order valence-electron chi connectivity index (χ4n) is 4.08. The van der Waals surface area contributed by atoms with Crippen LogP contribution < -0.4 is 5.32 Å². The minimum Gasteiger partial charge on any atom is -0.441 e. The van der Waals surface area contributed by atoms with Gasteiger partial charge < -0.3 is 9.73 Å². The second-order valence-electron chi connectivity index (χ2n) is 8.27. The zero-order chi connectivity index (χ0) is 24.3. The smallest absolute Gasteiger partial charge is 0.441 e. The third-order valence-electron chi connectivity index (χ3n) is 5.81. The minimum absolute atomic E-state index is 0.264. The second-order valence-corrected chi connectivity index (χ2v) is 8.27. The van der Waals surface area contributed by atoms with Gasteiger partial charge in [0, 0.05) is 29.8 Å². The molecule has 1 saturated carbocycles. The Hall–Kier alpha value is -3.38. The maximum Gasteiger partial charge on any atom is 0.505 e. The average Bonchev–Trinajstić information content (AvgIpc) is 3.33. The summed E-state index contributed by atoms with van der Waals surface area (Å²) in [7, 11) is 0. The van der Waals surface area contributed by atoms with E-state index in [9.17, 15) is 31.1 Å². The van der Waals surface area contributed by atoms with Gasteiger partial charge in [0.05, 0.1) is 17.8 Å². The first-order valence-corrected chi connectivity index (χ1v) is 10.5. The number of halogens is 6. The monoisotopic (exact) mass is 485 g/mol.